The van der Waals surface area contributed by atoms with Crippen LogP contribution in [-0.2, 0) is 16.1 Å². The highest BCUT2D eigenvalue weighted by atomic mass is 19.1. The van der Waals surface area contributed by atoms with Gasteiger partial charge in [0.05, 0.1) is 24.4 Å². The van der Waals surface area contributed by atoms with E-state index < -0.39 is 29.4 Å². The molecule has 0 radical (unpaired) electrons. The van der Waals surface area contributed by atoms with Crippen LogP contribution in [0.3, 0.4) is 0 Å². The smallest absolute Gasteiger partial charge is 0.290 e. The number of hydrogen-bond donors (Lipinski definition) is 1. The molecule has 0 aliphatic carbocycles. The topological polar surface area (TPSA) is 70.8 Å². The molecule has 5 nitrogen and oxygen atoms in total. The van der Waals surface area contributed by atoms with Crippen molar-refractivity contribution in [2.24, 2.45) is 5.92 Å². The Morgan fingerprint density at radius 2 is 2.00 bits per heavy atom. The molecule has 1 amide bonds. The number of Topliss-reactive ketones (excluding diaryl/α,β-unsaturated/α-hetero) is 1. The number of amides is 1. The van der Waals surface area contributed by atoms with E-state index in [1.165, 1.54) is 29.4 Å². The van der Waals surface area contributed by atoms with E-state index in [1.54, 1.807) is 32.0 Å². The number of rotatable bonds is 5. The largest absolute Gasteiger partial charge is 0.503 e. The zero-order valence-electron chi connectivity index (χ0n) is 13.9. The quantitative estimate of drug-likeness (QED) is 0.901. The summed E-state index contributed by atoms with van der Waals surface area (Å²) < 4.78 is 19.7. The molecular formula is C19H18FNO4. The number of carbonyl (C=O) groups is 2. The van der Waals surface area contributed by atoms with Gasteiger partial charge in [0.1, 0.15) is 11.6 Å². The Hall–Kier alpha value is -2.89. The molecule has 0 saturated carbocycles. The Bertz CT molecular complexity index is 839. The average molecular weight is 343 g/mol. The molecule has 0 bridgehead atoms. The summed E-state index contributed by atoms with van der Waals surface area (Å²) in [5.41, 5.74) is 0.0899. The molecule has 130 valence electrons. The summed E-state index contributed by atoms with van der Waals surface area (Å²) >= 11 is 0. The molecule has 2 heterocycles. The first-order valence-corrected chi connectivity index (χ1v) is 7.97. The van der Waals surface area contributed by atoms with E-state index >= 15 is 0 Å². The first kappa shape index (κ1) is 17.0. The van der Waals surface area contributed by atoms with Gasteiger partial charge in [0.15, 0.2) is 11.5 Å². The zero-order valence-corrected chi connectivity index (χ0v) is 13.9. The van der Waals surface area contributed by atoms with Gasteiger partial charge >= 0.3 is 0 Å². The molecule has 1 aromatic heterocycles. The van der Waals surface area contributed by atoms with Crippen LogP contribution in [-0.4, -0.2) is 21.7 Å². The first-order valence-electron chi connectivity index (χ1n) is 7.97. The minimum Gasteiger partial charge on any atom is -0.503 e. The minimum atomic E-state index is -0.992. The highest BCUT2D eigenvalue weighted by Crippen LogP contribution is 2.40. The van der Waals surface area contributed by atoms with Gasteiger partial charge in [-0.2, -0.15) is 0 Å². The monoisotopic (exact) mass is 343 g/mol. The van der Waals surface area contributed by atoms with Gasteiger partial charge in [-0.05, 0) is 18.2 Å². The third-order valence-corrected chi connectivity index (χ3v) is 4.20. The molecule has 3 rings (SSSR count). The molecule has 1 aliphatic heterocycles. The summed E-state index contributed by atoms with van der Waals surface area (Å²) in [7, 11) is 0. The first-order chi connectivity index (χ1) is 11.9. The Kier molecular flexibility index (Phi) is 4.44. The van der Waals surface area contributed by atoms with Crippen molar-refractivity contribution in [3.63, 3.8) is 0 Å². The molecular weight excluding hydrogens is 325 g/mol. The molecule has 25 heavy (non-hydrogen) atoms. The fourth-order valence-corrected chi connectivity index (χ4v) is 2.97. The van der Waals surface area contributed by atoms with Gasteiger partial charge in [0.2, 0.25) is 0 Å². The summed E-state index contributed by atoms with van der Waals surface area (Å²) in [4.78, 5) is 26.4. The van der Waals surface area contributed by atoms with Gasteiger partial charge in [0, 0.05) is 11.5 Å². The molecule has 1 unspecified atom stereocenters. The van der Waals surface area contributed by atoms with Crippen LogP contribution >= 0.6 is 0 Å². The third-order valence-electron chi connectivity index (χ3n) is 4.20. The van der Waals surface area contributed by atoms with Gasteiger partial charge in [0.25, 0.3) is 5.91 Å². The summed E-state index contributed by atoms with van der Waals surface area (Å²) in [6.07, 6.45) is 1.46. The molecule has 1 atom stereocenters. The van der Waals surface area contributed by atoms with Crippen molar-refractivity contribution < 1.29 is 23.5 Å². The third kappa shape index (κ3) is 2.95. The molecule has 1 N–H and O–H groups in total. The number of ketones is 1. The van der Waals surface area contributed by atoms with E-state index in [0.717, 1.165) is 0 Å². The number of aliphatic hydroxyl groups is 1. The standard InChI is InChI=1S/C19H18FNO4/c1-11(2)17(22)15-16(13-7-3-4-8-14(13)20)21(19(24)18(15)23)10-12-6-5-9-25-12/h3-9,11,16,23H,10H2,1-2H3. The highest BCUT2D eigenvalue weighted by Gasteiger charge is 2.45. The molecule has 0 fully saturated rings. The lowest BCUT2D eigenvalue weighted by Gasteiger charge is -2.26. The normalized spacial score (nSPS) is 17.7. The lowest BCUT2D eigenvalue weighted by Crippen LogP contribution is -2.31. The number of furan rings is 1. The molecule has 2 aromatic rings. The SMILES string of the molecule is CC(C)C(=O)C1=C(O)C(=O)N(Cc2ccco2)C1c1ccccc1F. The molecule has 0 spiro atoms. The maximum atomic E-state index is 14.4. The van der Waals surface area contributed by atoms with Gasteiger partial charge in [-0.1, -0.05) is 32.0 Å². The summed E-state index contributed by atoms with van der Waals surface area (Å²) in [5, 5.41) is 10.3. The van der Waals surface area contributed by atoms with Gasteiger partial charge in [-0.15, -0.1) is 0 Å². The fraction of sp³-hybridized carbons (Fsp3) is 0.263. The van der Waals surface area contributed by atoms with E-state index in [0.29, 0.717) is 5.76 Å². The van der Waals surface area contributed by atoms with E-state index in [1.807, 2.05) is 0 Å². The second-order valence-corrected chi connectivity index (χ2v) is 6.22. The van der Waals surface area contributed by atoms with Gasteiger partial charge in [-0.3, -0.25) is 9.59 Å². The van der Waals surface area contributed by atoms with E-state index in [-0.39, 0.29) is 23.5 Å². The van der Waals surface area contributed by atoms with Crippen LogP contribution in [0.4, 0.5) is 4.39 Å². The van der Waals surface area contributed by atoms with Crippen molar-refractivity contribution in [1.82, 2.24) is 4.90 Å². The number of nitrogens with zero attached hydrogens (tertiary/aromatic N) is 1. The number of benzene rings is 1. The van der Waals surface area contributed by atoms with Crippen molar-refractivity contribution in [3.05, 3.63) is 71.1 Å². The van der Waals surface area contributed by atoms with Crippen LogP contribution in [0.1, 0.15) is 31.2 Å². The molecule has 1 aliphatic rings. The maximum Gasteiger partial charge on any atom is 0.290 e. The second kappa shape index (κ2) is 6.55. The minimum absolute atomic E-state index is 0.0176. The van der Waals surface area contributed by atoms with E-state index in [9.17, 15) is 19.1 Å². The van der Waals surface area contributed by atoms with Gasteiger partial charge in [-0.25, -0.2) is 4.39 Å². The number of halogens is 1. The van der Waals surface area contributed by atoms with Crippen LogP contribution in [0, 0.1) is 11.7 Å². The van der Waals surface area contributed by atoms with E-state index in [2.05, 4.69) is 0 Å². The highest BCUT2D eigenvalue weighted by molar-refractivity contribution is 6.09. The summed E-state index contributed by atoms with van der Waals surface area (Å²) in [5.74, 6) is -2.25. The molecule has 0 saturated heterocycles. The number of carbonyl (C=O) groups excluding carboxylic acids is 2. The average Bonchev–Trinajstić information content (AvgIpc) is 3.17. The maximum absolute atomic E-state index is 14.4. The Morgan fingerprint density at radius 1 is 1.28 bits per heavy atom. The predicted octanol–water partition coefficient (Wildman–Crippen LogP) is 3.54. The van der Waals surface area contributed by atoms with E-state index in [4.69, 9.17) is 4.42 Å². The van der Waals surface area contributed by atoms with Crippen molar-refractivity contribution in [1.29, 1.82) is 0 Å². The van der Waals surface area contributed by atoms with Crippen LogP contribution in [0.5, 0.6) is 0 Å². The fourth-order valence-electron chi connectivity index (χ4n) is 2.97. The summed E-state index contributed by atoms with van der Waals surface area (Å²) in [6.45, 7) is 3.35. The van der Waals surface area contributed by atoms with Crippen molar-refractivity contribution in [2.45, 2.75) is 26.4 Å². The number of aliphatic hydroxyl groups excluding tert-OH is 1. The lowest BCUT2D eigenvalue weighted by molar-refractivity contribution is -0.130. The van der Waals surface area contributed by atoms with Crippen molar-refractivity contribution in [2.75, 3.05) is 0 Å². The summed E-state index contributed by atoms with van der Waals surface area (Å²) in [6, 6.07) is 8.27. The Balaban J connectivity index is 2.11. The second-order valence-electron chi connectivity index (χ2n) is 6.22. The van der Waals surface area contributed by atoms with Crippen molar-refractivity contribution >= 4 is 11.7 Å². The zero-order chi connectivity index (χ0) is 18.1. The predicted molar refractivity (Wildman–Crippen MR) is 87.9 cm³/mol. The Morgan fingerprint density at radius 3 is 2.60 bits per heavy atom. The van der Waals surface area contributed by atoms with Crippen molar-refractivity contribution in [3.8, 4) is 0 Å². The van der Waals surface area contributed by atoms with Crippen LogP contribution in [0.25, 0.3) is 0 Å². The van der Waals surface area contributed by atoms with Crippen LogP contribution in [0.2, 0.25) is 0 Å². The number of hydrogen-bond acceptors (Lipinski definition) is 4. The Labute approximate surface area is 144 Å². The lowest BCUT2D eigenvalue weighted by atomic mass is 9.91. The van der Waals surface area contributed by atoms with Crippen LogP contribution in [0.15, 0.2) is 58.4 Å². The van der Waals surface area contributed by atoms with Crippen LogP contribution < -0.4 is 0 Å². The molecule has 1 aromatic carbocycles. The van der Waals surface area contributed by atoms with Gasteiger partial charge < -0.3 is 14.4 Å². The molecule has 6 heteroatoms.